The number of aryl methyl sites for hydroxylation is 1. The largest absolute Gasteiger partial charge is 0.372 e. The molecule has 0 aliphatic carbocycles. The SMILES string of the molecule is CCn1c(C=O)c(CCNC)c2cc(C(=O)NCc3ccc4nc(NC)nc(NC)c4c3)ccc21. The molecule has 35 heavy (non-hydrogen) atoms. The van der Waals surface area contributed by atoms with Crippen molar-refractivity contribution in [2.75, 3.05) is 38.3 Å². The van der Waals surface area contributed by atoms with Crippen LogP contribution in [0.5, 0.6) is 0 Å². The highest BCUT2D eigenvalue weighted by Crippen LogP contribution is 2.27. The fourth-order valence-electron chi connectivity index (χ4n) is 4.45. The maximum absolute atomic E-state index is 13.0. The molecule has 4 rings (SSSR count). The second-order valence-electron chi connectivity index (χ2n) is 8.24. The van der Waals surface area contributed by atoms with Crippen molar-refractivity contribution in [2.24, 2.45) is 0 Å². The van der Waals surface area contributed by atoms with Gasteiger partial charge in [0, 0.05) is 49.0 Å². The average molecular weight is 474 g/mol. The number of anilines is 2. The van der Waals surface area contributed by atoms with Crippen molar-refractivity contribution < 1.29 is 9.59 Å². The highest BCUT2D eigenvalue weighted by molar-refractivity contribution is 6.01. The van der Waals surface area contributed by atoms with E-state index in [1.807, 2.05) is 62.0 Å². The van der Waals surface area contributed by atoms with Crippen molar-refractivity contribution >= 4 is 45.8 Å². The molecule has 0 radical (unpaired) electrons. The number of carbonyl (C=O) groups is 2. The molecule has 0 bridgehead atoms. The molecular formula is C26H31N7O2. The van der Waals surface area contributed by atoms with E-state index in [2.05, 4.69) is 31.2 Å². The van der Waals surface area contributed by atoms with Crippen LogP contribution in [0.3, 0.4) is 0 Å². The second-order valence-corrected chi connectivity index (χ2v) is 8.24. The van der Waals surface area contributed by atoms with Crippen LogP contribution in [0.1, 0.15) is 38.9 Å². The van der Waals surface area contributed by atoms with Crippen LogP contribution in [-0.2, 0) is 19.5 Å². The Hall–Kier alpha value is -3.98. The molecule has 1 amide bonds. The van der Waals surface area contributed by atoms with Crippen LogP contribution in [0.15, 0.2) is 36.4 Å². The molecule has 0 saturated carbocycles. The number of benzene rings is 2. The van der Waals surface area contributed by atoms with Gasteiger partial charge in [-0.25, -0.2) is 4.98 Å². The minimum atomic E-state index is -0.168. The van der Waals surface area contributed by atoms with Gasteiger partial charge in [-0.1, -0.05) is 6.07 Å². The third-order valence-electron chi connectivity index (χ3n) is 6.20. The Bertz CT molecular complexity index is 1390. The van der Waals surface area contributed by atoms with E-state index in [0.29, 0.717) is 36.7 Å². The minimum absolute atomic E-state index is 0.168. The van der Waals surface area contributed by atoms with E-state index in [1.165, 1.54) is 0 Å². The van der Waals surface area contributed by atoms with E-state index < -0.39 is 0 Å². The van der Waals surface area contributed by atoms with Gasteiger partial charge in [-0.05, 0) is 68.4 Å². The summed E-state index contributed by atoms with van der Waals surface area (Å²) in [7, 11) is 5.48. The highest BCUT2D eigenvalue weighted by Gasteiger charge is 2.17. The second kappa shape index (κ2) is 10.5. The van der Waals surface area contributed by atoms with E-state index in [9.17, 15) is 9.59 Å². The molecule has 9 nitrogen and oxygen atoms in total. The Kier molecular flexibility index (Phi) is 7.26. The van der Waals surface area contributed by atoms with Crippen molar-refractivity contribution in [1.29, 1.82) is 0 Å². The van der Waals surface area contributed by atoms with E-state index in [-0.39, 0.29) is 5.91 Å². The summed E-state index contributed by atoms with van der Waals surface area (Å²) in [5.74, 6) is 1.10. The zero-order valence-corrected chi connectivity index (χ0v) is 20.5. The lowest BCUT2D eigenvalue weighted by Gasteiger charge is -2.10. The first kappa shape index (κ1) is 24.2. The molecule has 0 aliphatic rings. The first-order valence-electron chi connectivity index (χ1n) is 11.7. The van der Waals surface area contributed by atoms with Crippen molar-refractivity contribution in [3.63, 3.8) is 0 Å². The summed E-state index contributed by atoms with van der Waals surface area (Å²) in [6.45, 7) is 3.82. The number of hydrogen-bond acceptors (Lipinski definition) is 7. The molecule has 2 aromatic carbocycles. The van der Waals surface area contributed by atoms with E-state index in [0.717, 1.165) is 51.6 Å². The predicted molar refractivity (Wildman–Crippen MR) is 140 cm³/mol. The third kappa shape index (κ3) is 4.67. The Morgan fingerprint density at radius 2 is 1.86 bits per heavy atom. The van der Waals surface area contributed by atoms with Crippen LogP contribution in [0.25, 0.3) is 21.8 Å². The molecule has 0 saturated heterocycles. The number of aromatic nitrogens is 3. The lowest BCUT2D eigenvalue weighted by Crippen LogP contribution is -2.22. The summed E-state index contributed by atoms with van der Waals surface area (Å²) in [6, 6.07) is 11.5. The maximum atomic E-state index is 13.0. The average Bonchev–Trinajstić information content (AvgIpc) is 3.21. The zero-order chi connectivity index (χ0) is 24.9. The summed E-state index contributed by atoms with van der Waals surface area (Å²) < 4.78 is 2.00. The van der Waals surface area contributed by atoms with Crippen molar-refractivity contribution in [3.8, 4) is 0 Å². The lowest BCUT2D eigenvalue weighted by molar-refractivity contribution is 0.0950. The first-order valence-corrected chi connectivity index (χ1v) is 11.7. The predicted octanol–water partition coefficient (Wildman–Crippen LogP) is 3.19. The standard InChI is InChI=1S/C26H31N7O2/c1-5-33-22-9-7-17(13-19(22)18(10-11-27-2)23(33)15-34)25(35)30-14-16-6-8-21-20(12-16)24(28-3)32-26(29-4)31-21/h6-9,12-13,15,27H,5,10-11,14H2,1-4H3,(H,30,35)(H2,28,29,31,32). The van der Waals surface area contributed by atoms with E-state index in [1.54, 1.807) is 7.05 Å². The fourth-order valence-corrected chi connectivity index (χ4v) is 4.45. The summed E-state index contributed by atoms with van der Waals surface area (Å²) in [5, 5.41) is 14.1. The molecule has 0 atom stereocenters. The molecule has 9 heteroatoms. The van der Waals surface area contributed by atoms with E-state index >= 15 is 0 Å². The Morgan fingerprint density at radius 1 is 1.03 bits per heavy atom. The number of nitrogens with one attached hydrogen (secondary N) is 4. The van der Waals surface area contributed by atoms with Gasteiger partial charge in [-0.2, -0.15) is 4.98 Å². The van der Waals surface area contributed by atoms with Crippen molar-refractivity contribution in [1.82, 2.24) is 25.2 Å². The van der Waals surface area contributed by atoms with Gasteiger partial charge >= 0.3 is 0 Å². The number of carbonyl (C=O) groups excluding carboxylic acids is 2. The monoisotopic (exact) mass is 473 g/mol. The van der Waals surface area contributed by atoms with E-state index in [4.69, 9.17) is 0 Å². The molecular weight excluding hydrogens is 442 g/mol. The fraction of sp³-hybridized carbons (Fsp3) is 0.308. The Labute approximate surface area is 204 Å². The molecule has 0 spiro atoms. The van der Waals surface area contributed by atoms with Gasteiger partial charge in [0.1, 0.15) is 5.82 Å². The van der Waals surface area contributed by atoms with Crippen LogP contribution in [0.2, 0.25) is 0 Å². The molecule has 2 aromatic heterocycles. The van der Waals surface area contributed by atoms with Gasteiger partial charge in [0.25, 0.3) is 5.91 Å². The van der Waals surface area contributed by atoms with Crippen molar-refractivity contribution in [3.05, 3.63) is 58.8 Å². The van der Waals surface area contributed by atoms with Gasteiger partial charge in [0.05, 0.1) is 11.2 Å². The highest BCUT2D eigenvalue weighted by atomic mass is 16.1. The molecule has 0 fully saturated rings. The van der Waals surface area contributed by atoms with Gasteiger partial charge in [-0.3, -0.25) is 9.59 Å². The lowest BCUT2D eigenvalue weighted by atomic mass is 10.0. The minimum Gasteiger partial charge on any atom is -0.372 e. The topological polar surface area (TPSA) is 113 Å². The van der Waals surface area contributed by atoms with Crippen LogP contribution < -0.4 is 21.3 Å². The van der Waals surface area contributed by atoms with Crippen LogP contribution in [-0.4, -0.2) is 54.4 Å². The van der Waals surface area contributed by atoms with Crippen molar-refractivity contribution in [2.45, 2.75) is 26.4 Å². The first-order chi connectivity index (χ1) is 17.0. The number of rotatable bonds is 10. The number of nitrogens with zero attached hydrogens (tertiary/aromatic N) is 3. The van der Waals surface area contributed by atoms with Gasteiger partial charge in [0.2, 0.25) is 5.95 Å². The molecule has 2 heterocycles. The maximum Gasteiger partial charge on any atom is 0.251 e. The summed E-state index contributed by atoms with van der Waals surface area (Å²) >= 11 is 0. The molecule has 0 unspecified atom stereocenters. The summed E-state index contributed by atoms with van der Waals surface area (Å²) in [4.78, 5) is 33.8. The number of fused-ring (bicyclic) bond motifs is 2. The third-order valence-corrected chi connectivity index (χ3v) is 6.20. The molecule has 182 valence electrons. The smallest absolute Gasteiger partial charge is 0.251 e. The normalized spacial score (nSPS) is 11.1. The van der Waals surface area contributed by atoms with Gasteiger partial charge in [0.15, 0.2) is 6.29 Å². The molecule has 0 aliphatic heterocycles. The van der Waals surface area contributed by atoms with Crippen LogP contribution >= 0.6 is 0 Å². The number of hydrogen-bond donors (Lipinski definition) is 4. The Balaban J connectivity index is 1.60. The van der Waals surface area contributed by atoms with Crippen LogP contribution in [0.4, 0.5) is 11.8 Å². The van der Waals surface area contributed by atoms with Gasteiger partial charge in [-0.15, -0.1) is 0 Å². The summed E-state index contributed by atoms with van der Waals surface area (Å²) in [5.41, 5.74) is 4.93. The van der Waals surface area contributed by atoms with Gasteiger partial charge < -0.3 is 25.8 Å². The number of likely N-dealkylation sites (N-methyl/N-ethyl adjacent to an activating group) is 1. The zero-order valence-electron chi connectivity index (χ0n) is 20.5. The summed E-state index contributed by atoms with van der Waals surface area (Å²) in [6.07, 6.45) is 1.62. The number of amides is 1. The quantitative estimate of drug-likeness (QED) is 0.262. The molecule has 4 aromatic rings. The molecule has 4 N–H and O–H groups in total. The van der Waals surface area contributed by atoms with Crippen LogP contribution in [0, 0.1) is 0 Å². The number of aldehydes is 1. The Morgan fingerprint density at radius 3 is 2.54 bits per heavy atom.